The number of aryl methyl sites for hydroxylation is 8. The first-order chi connectivity index (χ1) is 39.2. The van der Waals surface area contributed by atoms with Gasteiger partial charge >= 0.3 is 37.7 Å². The van der Waals surface area contributed by atoms with Gasteiger partial charge in [-0.05, 0) is 177 Å². The summed E-state index contributed by atoms with van der Waals surface area (Å²) >= 11 is -0.361. The SMILES string of the molecule is Cc1ccc([S+](c2ccc(Oc3ccc([I+]c4ccc(Oc5ccc([S+](c6ccc(C)cc6C)c6ccc(C)cc6C)cc5)cc4)cc3)cc2)c2ccc(C)cc2C)c(C)c1.O=S(=O)([O-])C(F)(F)F.O=S(=O)([O-])C(F)(F)F.O=S(=O)([O-])C(F)(F)F. The molecule has 0 saturated carbocycles. The van der Waals surface area contributed by atoms with Gasteiger partial charge in [0.1, 0.15) is 23.0 Å². The fourth-order valence-electron chi connectivity index (χ4n) is 7.68. The van der Waals surface area contributed by atoms with Crippen molar-refractivity contribution >= 4 is 52.1 Å². The van der Waals surface area contributed by atoms with E-state index in [1.807, 2.05) is 0 Å². The van der Waals surface area contributed by atoms with E-state index in [1.165, 1.54) is 81.0 Å². The van der Waals surface area contributed by atoms with E-state index in [4.69, 9.17) is 48.4 Å². The minimum Gasteiger partial charge on any atom is -0.741 e. The van der Waals surface area contributed by atoms with Crippen molar-refractivity contribution in [2.45, 2.75) is 101 Å². The van der Waals surface area contributed by atoms with Crippen molar-refractivity contribution in [1.82, 2.24) is 0 Å². The zero-order chi connectivity index (χ0) is 63.6. The molecule has 0 aliphatic carbocycles. The van der Waals surface area contributed by atoms with Crippen LogP contribution in [-0.2, 0) is 52.1 Å². The molecule has 0 amide bonds. The molecule has 85 heavy (non-hydrogen) atoms. The summed E-state index contributed by atoms with van der Waals surface area (Å²) in [5, 5.41) is 0. The molecule has 0 fully saturated rings. The highest BCUT2D eigenvalue weighted by atomic mass is 127. The molecule has 0 saturated heterocycles. The standard InChI is InChI=1S/C56H52IO2S2.3CHF3O3S/c1-37-9-29-53(41(5)33-37)60(54-30-10-38(2)34-42(54)6)51-25-21-49(22-26-51)58-47-17-13-45(14-18-47)57-46-15-19-48(20-16-46)59-50-23-27-52(28-24-50)61(55-31-11-39(3)35-43(55)7)56-32-12-40(4)36-44(56)8;3*2-1(3,4)8(5,6)7/h9-36H,1-8H3;3*(H,5,6,7)/q+3;;;/p-3. The van der Waals surface area contributed by atoms with E-state index in [0.717, 1.165) is 23.0 Å². The Bertz CT molecular complexity index is 3540. The van der Waals surface area contributed by atoms with Gasteiger partial charge in [0.2, 0.25) is 0 Å². The Morgan fingerprint density at radius 1 is 0.329 bits per heavy atom. The lowest BCUT2D eigenvalue weighted by atomic mass is 10.2. The van der Waals surface area contributed by atoms with E-state index in [9.17, 15) is 39.5 Å². The van der Waals surface area contributed by atoms with Crippen LogP contribution in [0.3, 0.4) is 0 Å². The van der Waals surface area contributed by atoms with E-state index < -0.39 is 46.9 Å². The molecule has 0 aromatic heterocycles. The second-order valence-electron chi connectivity index (χ2n) is 18.5. The van der Waals surface area contributed by atoms with Gasteiger partial charge in [-0.3, -0.25) is 0 Å². The molecule has 0 bridgehead atoms. The molecule has 0 aliphatic rings. The topological polar surface area (TPSA) is 190 Å². The Kier molecular flexibility index (Phi) is 23.4. The van der Waals surface area contributed by atoms with Crippen LogP contribution in [0.4, 0.5) is 39.5 Å². The molecule has 11 nitrogen and oxygen atoms in total. The van der Waals surface area contributed by atoms with Crippen LogP contribution in [0.25, 0.3) is 0 Å². The fraction of sp³-hybridized carbons (Fsp3) is 0.186. The lowest BCUT2D eigenvalue weighted by Gasteiger charge is -2.14. The number of rotatable bonds is 12. The van der Waals surface area contributed by atoms with Crippen LogP contribution in [0.1, 0.15) is 44.5 Å². The second kappa shape index (κ2) is 28.6. The Balaban J connectivity index is 0.000000461. The van der Waals surface area contributed by atoms with Gasteiger partial charge in [0, 0.05) is 22.3 Å². The van der Waals surface area contributed by atoms with Crippen molar-refractivity contribution < 1.29 is 109 Å². The van der Waals surface area contributed by atoms with Crippen LogP contribution in [0.15, 0.2) is 199 Å². The molecule has 8 aromatic carbocycles. The van der Waals surface area contributed by atoms with E-state index >= 15 is 0 Å². The van der Waals surface area contributed by atoms with Crippen molar-refractivity contribution in [3.8, 4) is 23.0 Å². The van der Waals surface area contributed by atoms with Gasteiger partial charge in [0.05, 0.1) is 21.8 Å². The van der Waals surface area contributed by atoms with Gasteiger partial charge in [0.15, 0.2) is 66.9 Å². The molecule has 0 radical (unpaired) electrons. The molecule has 0 N–H and O–H groups in total. The summed E-state index contributed by atoms with van der Waals surface area (Å²) in [5.74, 6) is 3.36. The number of benzene rings is 8. The molecular formula is C59H52F9IO11S5. The maximum atomic E-state index is 10.7. The van der Waals surface area contributed by atoms with Crippen molar-refractivity contribution in [2.75, 3.05) is 0 Å². The molecule has 454 valence electrons. The average Bonchev–Trinajstić information content (AvgIpc) is 1.44. The van der Waals surface area contributed by atoms with Crippen LogP contribution >= 0.6 is 0 Å². The predicted molar refractivity (Wildman–Crippen MR) is 299 cm³/mol. The van der Waals surface area contributed by atoms with Gasteiger partial charge < -0.3 is 23.1 Å². The molecule has 26 heteroatoms. The third kappa shape index (κ3) is 20.2. The first-order valence-corrected chi connectivity index (χ1v) is 33.3. The molecule has 8 aromatic rings. The predicted octanol–water partition coefficient (Wildman–Crippen LogP) is 12.2. The van der Waals surface area contributed by atoms with Crippen molar-refractivity contribution in [3.63, 3.8) is 0 Å². The number of alkyl halides is 9. The minimum absolute atomic E-state index is 0.221. The van der Waals surface area contributed by atoms with E-state index in [2.05, 4.69) is 225 Å². The zero-order valence-corrected chi connectivity index (χ0v) is 52.2. The Labute approximate surface area is 503 Å². The quantitative estimate of drug-likeness (QED) is 0.0372. The third-order valence-corrected chi connectivity index (χ3v) is 21.0. The number of hydrogen-bond acceptors (Lipinski definition) is 11. The van der Waals surface area contributed by atoms with Gasteiger partial charge in [-0.15, -0.1) is 0 Å². The first kappa shape index (κ1) is 69.7. The Hall–Kier alpha value is -6.11. The lowest BCUT2D eigenvalue weighted by molar-refractivity contribution is -0.597. The van der Waals surface area contributed by atoms with Gasteiger partial charge in [-0.2, -0.15) is 39.5 Å². The Morgan fingerprint density at radius 2 is 0.518 bits per heavy atom. The van der Waals surface area contributed by atoms with Crippen LogP contribution < -0.4 is 30.7 Å². The number of hydrogen-bond donors (Lipinski definition) is 0. The molecule has 0 heterocycles. The largest absolute Gasteiger partial charge is 0.741 e. The highest BCUT2D eigenvalue weighted by Crippen LogP contribution is 2.39. The summed E-state index contributed by atoms with van der Waals surface area (Å²) in [6.07, 6.45) is 0. The van der Waals surface area contributed by atoms with Crippen LogP contribution in [0, 0.1) is 62.5 Å². The second-order valence-corrected chi connectivity index (χ2v) is 29.6. The number of halogens is 10. The molecule has 0 atom stereocenters. The molecule has 0 unspecified atom stereocenters. The van der Waals surface area contributed by atoms with Crippen molar-refractivity contribution in [3.05, 3.63) is 222 Å². The first-order valence-electron chi connectivity index (χ1n) is 24.5. The maximum Gasteiger partial charge on any atom is 0.485 e. The molecule has 8 rings (SSSR count). The minimum atomic E-state index is -6.09. The van der Waals surface area contributed by atoms with E-state index in [-0.39, 0.29) is 43.0 Å². The fourth-order valence-corrected chi connectivity index (χ4v) is 14.5. The Morgan fingerprint density at radius 3 is 0.694 bits per heavy atom. The normalized spacial score (nSPS) is 12.1. The zero-order valence-electron chi connectivity index (χ0n) is 46.0. The summed E-state index contributed by atoms with van der Waals surface area (Å²) in [4.78, 5) is 8.03. The molecule has 0 spiro atoms. The summed E-state index contributed by atoms with van der Waals surface area (Å²) in [6, 6.07) is 61.8. The highest BCUT2D eigenvalue weighted by Gasteiger charge is 2.39. The monoisotopic (exact) mass is 1390 g/mol. The third-order valence-electron chi connectivity index (χ3n) is 11.5. The average molecular weight is 1400 g/mol. The lowest BCUT2D eigenvalue weighted by Crippen LogP contribution is -3.61. The summed E-state index contributed by atoms with van der Waals surface area (Å²) < 4.78 is 192. The van der Waals surface area contributed by atoms with Crippen molar-refractivity contribution in [2.24, 2.45) is 0 Å². The van der Waals surface area contributed by atoms with Gasteiger partial charge in [-0.25, -0.2) is 25.3 Å². The summed E-state index contributed by atoms with van der Waals surface area (Å²) in [7, 11) is -18.7. The summed E-state index contributed by atoms with van der Waals surface area (Å²) in [6.45, 7) is 17.6. The van der Waals surface area contributed by atoms with Crippen LogP contribution in [0.5, 0.6) is 23.0 Å². The molecular weight excluding hydrogens is 1340 g/mol. The smallest absolute Gasteiger partial charge is 0.485 e. The maximum absolute atomic E-state index is 10.7. The van der Waals surface area contributed by atoms with Gasteiger partial charge in [0.25, 0.3) is 0 Å². The van der Waals surface area contributed by atoms with Gasteiger partial charge in [-0.1, -0.05) is 70.8 Å². The summed E-state index contributed by atoms with van der Waals surface area (Å²) in [5.41, 5.74) is -6.49. The molecule has 0 aliphatic heterocycles. The highest BCUT2D eigenvalue weighted by molar-refractivity contribution is 7.97. The van der Waals surface area contributed by atoms with E-state index in [0.29, 0.717) is 0 Å². The van der Waals surface area contributed by atoms with Crippen LogP contribution in [0.2, 0.25) is 0 Å². The van der Waals surface area contributed by atoms with E-state index in [1.54, 1.807) is 0 Å². The van der Waals surface area contributed by atoms with Crippen molar-refractivity contribution in [1.29, 1.82) is 0 Å². The number of ether oxygens (including phenoxy) is 2. The van der Waals surface area contributed by atoms with Crippen LogP contribution in [-0.4, -0.2) is 55.4 Å².